The Bertz CT molecular complexity index is 2480. The standard InChI is InChI=1S/C48H39NS2/c1-4-5-7-14-41-27-28-47(50-41)36-19-23-39(24-20-36)49(45-32-38-18-17-33(2)31-44(38)42-15-10-11-16-43(42)45)40-25-21-37(22-26-40)48-30-29-46(51-48)34(3)35-12-8-6-9-13-35/h4-13,15-32,34H,1,14H2,2-3H3/b7-5-. The number of nitrogens with zero attached hydrogens (tertiary/aromatic N) is 1. The van der Waals surface area contributed by atoms with Crippen LogP contribution in [-0.2, 0) is 6.42 Å². The van der Waals surface area contributed by atoms with Gasteiger partial charge in [0.25, 0.3) is 0 Å². The molecule has 0 bridgehead atoms. The monoisotopic (exact) mass is 693 g/mol. The van der Waals surface area contributed by atoms with Crippen molar-refractivity contribution in [2.75, 3.05) is 4.90 Å². The number of fused-ring (bicyclic) bond motifs is 3. The topological polar surface area (TPSA) is 3.24 Å². The molecule has 0 saturated carbocycles. The summed E-state index contributed by atoms with van der Waals surface area (Å²) in [5, 5.41) is 5.02. The summed E-state index contributed by atoms with van der Waals surface area (Å²) < 4.78 is 0. The average molecular weight is 694 g/mol. The summed E-state index contributed by atoms with van der Waals surface area (Å²) in [6, 6.07) is 56.0. The number of hydrogen-bond acceptors (Lipinski definition) is 3. The molecule has 2 heterocycles. The summed E-state index contributed by atoms with van der Waals surface area (Å²) in [5.74, 6) is 0.363. The van der Waals surface area contributed by atoms with Crippen LogP contribution in [-0.4, -0.2) is 0 Å². The Kier molecular flexibility index (Phi) is 9.24. The number of rotatable bonds is 10. The lowest BCUT2D eigenvalue weighted by Gasteiger charge is -2.28. The van der Waals surface area contributed by atoms with E-state index in [0.29, 0.717) is 5.92 Å². The fraction of sp³-hybridized carbons (Fsp3) is 0.0833. The fourth-order valence-electron chi connectivity index (χ4n) is 6.93. The van der Waals surface area contributed by atoms with Crippen LogP contribution in [0.4, 0.5) is 17.1 Å². The predicted octanol–water partition coefficient (Wildman–Crippen LogP) is 14.7. The van der Waals surface area contributed by atoms with Gasteiger partial charge in [0.15, 0.2) is 0 Å². The fourth-order valence-corrected chi connectivity index (χ4v) is 9.01. The minimum atomic E-state index is 0.363. The van der Waals surface area contributed by atoms with Gasteiger partial charge in [-0.25, -0.2) is 0 Å². The smallest absolute Gasteiger partial charge is 0.0546 e. The van der Waals surface area contributed by atoms with E-state index in [4.69, 9.17) is 0 Å². The Labute approximate surface area is 309 Å². The normalized spacial score (nSPS) is 12.1. The van der Waals surface area contributed by atoms with E-state index in [1.54, 1.807) is 0 Å². The van der Waals surface area contributed by atoms with Gasteiger partial charge in [0, 0.05) is 48.6 Å². The number of anilines is 3. The van der Waals surface area contributed by atoms with E-state index < -0.39 is 0 Å². The Morgan fingerprint density at radius 1 is 0.627 bits per heavy atom. The highest BCUT2D eigenvalue weighted by Crippen LogP contribution is 2.44. The third-order valence-corrected chi connectivity index (χ3v) is 12.1. The Balaban J connectivity index is 1.19. The van der Waals surface area contributed by atoms with E-state index in [1.165, 1.54) is 69.0 Å². The molecule has 0 radical (unpaired) electrons. The van der Waals surface area contributed by atoms with E-state index in [2.05, 4.69) is 183 Å². The zero-order valence-electron chi connectivity index (χ0n) is 28.9. The van der Waals surface area contributed by atoms with Gasteiger partial charge < -0.3 is 4.90 Å². The SMILES string of the molecule is C=C/C=C\Cc1ccc(-c2ccc(N(c3ccc(-c4ccc(C(C)c5ccccc5)s4)cc3)c3cc4ccc(C)cc4c4ccccc34)cc2)s1. The van der Waals surface area contributed by atoms with Gasteiger partial charge in [-0.15, -0.1) is 22.7 Å². The summed E-state index contributed by atoms with van der Waals surface area (Å²) in [4.78, 5) is 7.72. The third kappa shape index (κ3) is 6.71. The maximum atomic E-state index is 3.79. The largest absolute Gasteiger partial charge is 0.310 e. The van der Waals surface area contributed by atoms with Crippen LogP contribution in [0.5, 0.6) is 0 Å². The van der Waals surface area contributed by atoms with Crippen molar-refractivity contribution in [1.82, 2.24) is 0 Å². The molecule has 248 valence electrons. The van der Waals surface area contributed by atoms with Crippen LogP contribution in [0.25, 0.3) is 42.4 Å². The molecule has 1 unspecified atom stereocenters. The molecule has 0 aliphatic carbocycles. The molecule has 0 saturated heterocycles. The molecule has 0 spiro atoms. The van der Waals surface area contributed by atoms with Crippen LogP contribution in [0.1, 0.15) is 33.7 Å². The first-order valence-corrected chi connectivity index (χ1v) is 19.1. The second kappa shape index (κ2) is 14.4. The highest BCUT2D eigenvalue weighted by molar-refractivity contribution is 7.15. The Morgan fingerprint density at radius 3 is 1.98 bits per heavy atom. The van der Waals surface area contributed by atoms with Gasteiger partial charge >= 0.3 is 0 Å². The zero-order valence-corrected chi connectivity index (χ0v) is 30.6. The summed E-state index contributed by atoms with van der Waals surface area (Å²) >= 11 is 3.74. The second-order valence-corrected chi connectivity index (χ2v) is 15.3. The van der Waals surface area contributed by atoms with Crippen LogP contribution >= 0.6 is 22.7 Å². The molecular weight excluding hydrogens is 655 g/mol. The molecule has 6 aromatic carbocycles. The molecular formula is C48H39NS2. The summed E-state index contributed by atoms with van der Waals surface area (Å²) in [6.07, 6.45) is 6.92. The highest BCUT2D eigenvalue weighted by Gasteiger charge is 2.19. The van der Waals surface area contributed by atoms with Gasteiger partial charge in [-0.1, -0.05) is 134 Å². The number of thiophene rings is 2. The number of aryl methyl sites for hydroxylation is 1. The lowest BCUT2D eigenvalue weighted by molar-refractivity contribution is 0.948. The molecule has 0 aliphatic heterocycles. The summed E-state index contributed by atoms with van der Waals surface area (Å²) in [6.45, 7) is 8.26. The Hall–Kier alpha value is -5.48. The Morgan fingerprint density at radius 2 is 1.27 bits per heavy atom. The first kappa shape index (κ1) is 32.7. The minimum absolute atomic E-state index is 0.363. The van der Waals surface area contributed by atoms with Crippen molar-refractivity contribution in [3.63, 3.8) is 0 Å². The maximum absolute atomic E-state index is 3.79. The predicted molar refractivity (Wildman–Crippen MR) is 224 cm³/mol. The van der Waals surface area contributed by atoms with Gasteiger partial charge in [0.05, 0.1) is 5.69 Å². The van der Waals surface area contributed by atoms with E-state index in [1.807, 2.05) is 34.8 Å². The van der Waals surface area contributed by atoms with E-state index in [-0.39, 0.29) is 0 Å². The molecule has 0 aliphatic rings. The molecule has 51 heavy (non-hydrogen) atoms. The molecule has 2 aromatic heterocycles. The van der Waals surface area contributed by atoms with Crippen molar-refractivity contribution in [2.45, 2.75) is 26.2 Å². The lowest BCUT2D eigenvalue weighted by Crippen LogP contribution is -2.10. The molecule has 0 amide bonds. The van der Waals surface area contributed by atoms with E-state index in [9.17, 15) is 0 Å². The molecule has 8 rings (SSSR count). The van der Waals surface area contributed by atoms with Crippen molar-refractivity contribution in [3.8, 4) is 20.9 Å². The molecule has 1 atom stereocenters. The van der Waals surface area contributed by atoms with Crippen molar-refractivity contribution in [3.05, 3.63) is 197 Å². The van der Waals surface area contributed by atoms with Crippen molar-refractivity contribution < 1.29 is 0 Å². The minimum Gasteiger partial charge on any atom is -0.310 e. The highest BCUT2D eigenvalue weighted by atomic mass is 32.1. The van der Waals surface area contributed by atoms with Crippen LogP contribution in [0.15, 0.2) is 176 Å². The second-order valence-electron chi connectivity index (χ2n) is 13.1. The first-order chi connectivity index (χ1) is 25.1. The van der Waals surface area contributed by atoms with Crippen LogP contribution in [0.3, 0.4) is 0 Å². The third-order valence-electron chi connectivity index (χ3n) is 9.66. The van der Waals surface area contributed by atoms with Gasteiger partial charge in [0.1, 0.15) is 0 Å². The molecule has 0 fully saturated rings. The zero-order chi connectivity index (χ0) is 34.7. The van der Waals surface area contributed by atoms with Crippen molar-refractivity contribution in [2.24, 2.45) is 0 Å². The van der Waals surface area contributed by atoms with Crippen molar-refractivity contribution >= 4 is 61.3 Å². The van der Waals surface area contributed by atoms with Crippen LogP contribution in [0.2, 0.25) is 0 Å². The van der Waals surface area contributed by atoms with Crippen molar-refractivity contribution in [1.29, 1.82) is 0 Å². The van der Waals surface area contributed by atoms with Gasteiger partial charge in [-0.3, -0.25) is 0 Å². The van der Waals surface area contributed by atoms with Crippen LogP contribution in [0, 0.1) is 6.92 Å². The molecule has 1 nitrogen and oxygen atoms in total. The molecule has 3 heteroatoms. The first-order valence-electron chi connectivity index (χ1n) is 17.5. The number of hydrogen-bond donors (Lipinski definition) is 0. The van der Waals surface area contributed by atoms with Crippen LogP contribution < -0.4 is 4.90 Å². The average Bonchev–Trinajstić information content (AvgIpc) is 3.87. The van der Waals surface area contributed by atoms with E-state index in [0.717, 1.165) is 17.8 Å². The summed E-state index contributed by atoms with van der Waals surface area (Å²) in [7, 11) is 0. The maximum Gasteiger partial charge on any atom is 0.0546 e. The molecule has 0 N–H and O–H groups in total. The van der Waals surface area contributed by atoms with Gasteiger partial charge in [-0.2, -0.15) is 0 Å². The van der Waals surface area contributed by atoms with Gasteiger partial charge in [0.2, 0.25) is 0 Å². The summed E-state index contributed by atoms with van der Waals surface area (Å²) in [5.41, 5.74) is 8.52. The lowest BCUT2D eigenvalue weighted by atomic mass is 9.97. The van der Waals surface area contributed by atoms with Gasteiger partial charge in [-0.05, 0) is 94.4 Å². The molecule has 8 aromatic rings. The number of benzene rings is 6. The number of allylic oxidation sites excluding steroid dienone is 3. The quantitative estimate of drug-likeness (QED) is 0.102. The van der Waals surface area contributed by atoms with E-state index >= 15 is 0 Å².